The summed E-state index contributed by atoms with van der Waals surface area (Å²) in [6.07, 6.45) is -0.409. The lowest BCUT2D eigenvalue weighted by Gasteiger charge is -2.64. The molecule has 33 heavy (non-hydrogen) atoms. The Kier molecular flexibility index (Phi) is 5.53. The number of esters is 1. The number of fused-ring (bicyclic) bond motifs is 5. The predicted molar refractivity (Wildman–Crippen MR) is 118 cm³/mol. The molecule has 3 fully saturated rings. The molecule has 0 aromatic carbocycles. The Morgan fingerprint density at radius 3 is 2.48 bits per heavy atom. The smallest absolute Gasteiger partial charge is 0.349 e. The summed E-state index contributed by atoms with van der Waals surface area (Å²) < 4.78 is 34.9. The van der Waals surface area contributed by atoms with Crippen LogP contribution in [0.25, 0.3) is 0 Å². The second kappa shape index (κ2) is 7.44. The van der Waals surface area contributed by atoms with E-state index in [9.17, 15) is 29.0 Å². The van der Waals surface area contributed by atoms with Crippen molar-refractivity contribution in [2.45, 2.75) is 75.6 Å². The molecule has 0 aliphatic heterocycles. The SMILES string of the molecule is CCC(=O)O[C@]1(C(=O)O)[C@H](C)C[C@H]2[C@@H]3C[C@H](F)C4=C(F)C(=O)C=C[C@]4(C)[C@@]3(Br)[C@@H](O)C[C@@]21C. The number of aliphatic carboxylic acids is 1. The molecule has 9 atom stereocenters. The second-order valence-electron chi connectivity index (χ2n) is 10.5. The van der Waals surface area contributed by atoms with Crippen LogP contribution in [0.15, 0.2) is 23.6 Å². The summed E-state index contributed by atoms with van der Waals surface area (Å²) in [6, 6.07) is 0. The third-order valence-corrected chi connectivity index (χ3v) is 11.1. The first-order valence-corrected chi connectivity index (χ1v) is 12.1. The number of rotatable bonds is 3. The van der Waals surface area contributed by atoms with E-state index in [2.05, 4.69) is 15.9 Å². The van der Waals surface area contributed by atoms with E-state index in [0.29, 0.717) is 6.42 Å². The van der Waals surface area contributed by atoms with Gasteiger partial charge in [0.1, 0.15) is 6.17 Å². The van der Waals surface area contributed by atoms with Crippen molar-refractivity contribution in [1.82, 2.24) is 0 Å². The number of aliphatic hydroxyl groups excluding tert-OH is 1. The maximum absolute atomic E-state index is 15.6. The largest absolute Gasteiger partial charge is 0.478 e. The minimum absolute atomic E-state index is 0.00621. The molecule has 0 saturated heterocycles. The van der Waals surface area contributed by atoms with Crippen molar-refractivity contribution in [3.63, 3.8) is 0 Å². The van der Waals surface area contributed by atoms with Gasteiger partial charge in [0, 0.05) is 28.7 Å². The van der Waals surface area contributed by atoms with Crippen LogP contribution in [0.2, 0.25) is 0 Å². The van der Waals surface area contributed by atoms with Crippen molar-refractivity contribution in [3.8, 4) is 0 Å². The number of carboxylic acid groups (broad SMARTS) is 1. The Balaban J connectivity index is 1.89. The first-order chi connectivity index (χ1) is 15.2. The van der Waals surface area contributed by atoms with Gasteiger partial charge in [-0.15, -0.1) is 0 Å². The van der Waals surface area contributed by atoms with E-state index in [1.165, 1.54) is 6.08 Å². The van der Waals surface area contributed by atoms with Crippen molar-refractivity contribution in [3.05, 3.63) is 23.6 Å². The number of hydrogen-bond acceptors (Lipinski definition) is 5. The van der Waals surface area contributed by atoms with Crippen LogP contribution < -0.4 is 0 Å². The molecule has 0 radical (unpaired) electrons. The molecule has 0 amide bonds. The van der Waals surface area contributed by atoms with Gasteiger partial charge < -0.3 is 14.9 Å². The number of ether oxygens (including phenoxy) is 1. The first-order valence-electron chi connectivity index (χ1n) is 11.3. The topological polar surface area (TPSA) is 101 Å². The summed E-state index contributed by atoms with van der Waals surface area (Å²) >= 11 is 3.70. The fourth-order valence-electron chi connectivity index (χ4n) is 7.59. The molecule has 4 rings (SSSR count). The molecular weight excluding hydrogens is 502 g/mol. The zero-order chi connectivity index (χ0) is 24.7. The number of hydrogen-bond donors (Lipinski definition) is 2. The fourth-order valence-corrected chi connectivity index (χ4v) is 8.60. The minimum Gasteiger partial charge on any atom is -0.478 e. The number of carbonyl (C=O) groups is 3. The van der Waals surface area contributed by atoms with Gasteiger partial charge in [-0.3, -0.25) is 9.59 Å². The number of carbonyl (C=O) groups excluding carboxylic acids is 2. The molecule has 0 aromatic heterocycles. The molecule has 0 heterocycles. The maximum atomic E-state index is 15.6. The van der Waals surface area contributed by atoms with E-state index < -0.39 is 74.3 Å². The normalized spacial score (nSPS) is 48.7. The highest BCUT2D eigenvalue weighted by Gasteiger charge is 2.77. The van der Waals surface area contributed by atoms with Crippen LogP contribution in [0.4, 0.5) is 8.78 Å². The number of halogens is 3. The zero-order valence-corrected chi connectivity index (χ0v) is 20.6. The van der Waals surface area contributed by atoms with Crippen LogP contribution in [0.3, 0.4) is 0 Å². The van der Waals surface area contributed by atoms with E-state index in [-0.39, 0.29) is 24.8 Å². The highest BCUT2D eigenvalue weighted by molar-refractivity contribution is 9.10. The molecule has 0 spiro atoms. The molecular formula is C24H29BrF2O6. The molecule has 9 heteroatoms. The van der Waals surface area contributed by atoms with Crippen LogP contribution in [-0.2, 0) is 19.1 Å². The molecule has 4 aliphatic carbocycles. The van der Waals surface area contributed by atoms with Crippen LogP contribution in [0.5, 0.6) is 0 Å². The highest BCUT2D eigenvalue weighted by atomic mass is 79.9. The molecule has 4 aliphatic rings. The molecule has 0 bridgehead atoms. The first kappa shape index (κ1) is 24.5. The van der Waals surface area contributed by atoms with Gasteiger partial charge in [-0.1, -0.05) is 49.7 Å². The van der Waals surface area contributed by atoms with Gasteiger partial charge in [-0.2, -0.15) is 0 Å². The van der Waals surface area contributed by atoms with Crippen molar-refractivity contribution in [2.75, 3.05) is 0 Å². The van der Waals surface area contributed by atoms with Crippen molar-refractivity contribution < 1.29 is 38.1 Å². The van der Waals surface area contributed by atoms with Gasteiger partial charge in [0.15, 0.2) is 5.83 Å². The van der Waals surface area contributed by atoms with E-state index in [1.807, 2.05) is 0 Å². The van der Waals surface area contributed by atoms with Gasteiger partial charge in [-0.25, -0.2) is 13.6 Å². The average Bonchev–Trinajstić information content (AvgIpc) is 2.95. The van der Waals surface area contributed by atoms with Crippen molar-refractivity contribution >= 4 is 33.7 Å². The molecule has 182 valence electrons. The van der Waals surface area contributed by atoms with Crippen LogP contribution in [-0.4, -0.2) is 50.1 Å². The van der Waals surface area contributed by atoms with Crippen LogP contribution in [0, 0.1) is 28.6 Å². The van der Waals surface area contributed by atoms with E-state index >= 15 is 4.39 Å². The monoisotopic (exact) mass is 530 g/mol. The van der Waals surface area contributed by atoms with E-state index in [0.717, 1.165) is 6.08 Å². The summed E-state index contributed by atoms with van der Waals surface area (Å²) in [4.78, 5) is 37.0. The van der Waals surface area contributed by atoms with E-state index in [4.69, 9.17) is 4.74 Å². The van der Waals surface area contributed by atoms with Gasteiger partial charge in [0.25, 0.3) is 0 Å². The number of aliphatic hydroxyl groups is 1. The van der Waals surface area contributed by atoms with Crippen LogP contribution in [0.1, 0.15) is 53.4 Å². The Bertz CT molecular complexity index is 995. The Morgan fingerprint density at radius 2 is 1.91 bits per heavy atom. The number of carboxylic acids is 1. The standard InChI is InChI=1S/C24H29BrF2O6/c1-5-17(30)33-24(20(31)32)11(2)8-12-13-9-14(26)18-19(27)15(28)6-7-21(18,3)23(13,25)16(29)10-22(12,24)4/h6-7,11-14,16,29H,5,8-10H2,1-4H3,(H,31,32)/t11-,12+,13+,14+,16+,21+,22+,23+,24+/m1/s1. The molecule has 3 saturated carbocycles. The van der Waals surface area contributed by atoms with Gasteiger partial charge in [-0.05, 0) is 37.2 Å². The van der Waals surface area contributed by atoms with E-state index in [1.54, 1.807) is 27.7 Å². The molecule has 0 unspecified atom stereocenters. The van der Waals surface area contributed by atoms with Crippen molar-refractivity contribution in [2.24, 2.45) is 28.6 Å². The Labute approximate surface area is 199 Å². The summed E-state index contributed by atoms with van der Waals surface area (Å²) in [5.41, 5.74) is -4.69. The Hall–Kier alpha value is -1.61. The summed E-state index contributed by atoms with van der Waals surface area (Å²) in [5, 5.41) is 21.9. The quantitative estimate of drug-likeness (QED) is 0.421. The third kappa shape index (κ3) is 2.75. The fraction of sp³-hybridized carbons (Fsp3) is 0.708. The average molecular weight is 531 g/mol. The number of allylic oxidation sites excluding steroid dienone is 4. The Morgan fingerprint density at radius 1 is 1.27 bits per heavy atom. The second-order valence-corrected chi connectivity index (χ2v) is 11.8. The lowest BCUT2D eigenvalue weighted by molar-refractivity contribution is -0.212. The summed E-state index contributed by atoms with van der Waals surface area (Å²) in [7, 11) is 0. The zero-order valence-electron chi connectivity index (χ0n) is 19.0. The number of alkyl halides is 2. The lowest BCUT2D eigenvalue weighted by Crippen LogP contribution is -2.70. The maximum Gasteiger partial charge on any atom is 0.349 e. The number of ketones is 1. The molecule has 6 nitrogen and oxygen atoms in total. The van der Waals surface area contributed by atoms with Crippen LogP contribution >= 0.6 is 15.9 Å². The lowest BCUT2D eigenvalue weighted by atomic mass is 9.45. The highest BCUT2D eigenvalue weighted by Crippen LogP contribution is 2.73. The van der Waals surface area contributed by atoms with Crippen molar-refractivity contribution in [1.29, 1.82) is 0 Å². The summed E-state index contributed by atoms with van der Waals surface area (Å²) in [5.74, 6) is -5.62. The van der Waals surface area contributed by atoms with Gasteiger partial charge >= 0.3 is 11.9 Å². The minimum atomic E-state index is -1.88. The predicted octanol–water partition coefficient (Wildman–Crippen LogP) is 4.05. The molecule has 0 aromatic rings. The van der Waals surface area contributed by atoms with Gasteiger partial charge in [0.2, 0.25) is 11.4 Å². The third-order valence-electron chi connectivity index (χ3n) is 9.13. The van der Waals surface area contributed by atoms with Gasteiger partial charge in [0.05, 0.1) is 10.4 Å². The molecule has 2 N–H and O–H groups in total. The summed E-state index contributed by atoms with van der Waals surface area (Å²) in [6.45, 7) is 6.57.